The van der Waals surface area contributed by atoms with E-state index in [1.54, 1.807) is 0 Å². The van der Waals surface area contributed by atoms with Gasteiger partial charge in [0, 0.05) is 11.1 Å². The number of carbonyl (C=O) groups is 2. The van der Waals surface area contributed by atoms with E-state index in [1.807, 2.05) is 0 Å². The first-order valence-corrected chi connectivity index (χ1v) is 3.93. The molecule has 0 saturated carbocycles. The van der Waals surface area contributed by atoms with Crippen molar-refractivity contribution >= 4 is 12.6 Å². The van der Waals surface area contributed by atoms with Crippen LogP contribution in [-0.4, -0.2) is 26.8 Å². The Labute approximate surface area is 81.4 Å². The Bertz CT molecular complexity index is 322. The summed E-state index contributed by atoms with van der Waals surface area (Å²) in [6.07, 6.45) is 1.21. The molecule has 0 bridgehead atoms. The van der Waals surface area contributed by atoms with Crippen LogP contribution in [0, 0.1) is 0 Å². The van der Waals surface area contributed by atoms with E-state index < -0.39 is 0 Å². The summed E-state index contributed by atoms with van der Waals surface area (Å²) in [4.78, 5) is 21.2. The Hall–Kier alpha value is -1.84. The summed E-state index contributed by atoms with van der Waals surface area (Å²) < 4.78 is 9.96. The van der Waals surface area contributed by atoms with Crippen LogP contribution in [0.1, 0.15) is 20.7 Å². The maximum absolute atomic E-state index is 10.6. The SMILES string of the molecule is COc1cc(C=O)c(C=O)cc1OC. The zero-order valence-corrected chi connectivity index (χ0v) is 7.94. The molecule has 1 aromatic rings. The van der Waals surface area contributed by atoms with Gasteiger partial charge in [-0.05, 0) is 12.1 Å². The number of hydrogen-bond acceptors (Lipinski definition) is 4. The molecule has 0 heterocycles. The van der Waals surface area contributed by atoms with Gasteiger partial charge in [-0.2, -0.15) is 0 Å². The molecule has 0 atom stereocenters. The minimum absolute atomic E-state index is 0.289. The average molecular weight is 194 g/mol. The van der Waals surface area contributed by atoms with E-state index >= 15 is 0 Å². The molecule has 0 spiro atoms. The van der Waals surface area contributed by atoms with Gasteiger partial charge in [0.15, 0.2) is 24.1 Å². The van der Waals surface area contributed by atoms with E-state index in [0.29, 0.717) is 24.1 Å². The Morgan fingerprint density at radius 2 is 1.29 bits per heavy atom. The van der Waals surface area contributed by atoms with Gasteiger partial charge in [-0.15, -0.1) is 0 Å². The summed E-state index contributed by atoms with van der Waals surface area (Å²) in [5.74, 6) is 0.861. The quantitative estimate of drug-likeness (QED) is 0.678. The molecule has 4 nitrogen and oxygen atoms in total. The molecule has 0 aliphatic carbocycles. The molecule has 0 aromatic heterocycles. The van der Waals surface area contributed by atoms with E-state index in [0.717, 1.165) is 0 Å². The van der Waals surface area contributed by atoms with Crippen LogP contribution < -0.4 is 9.47 Å². The molecule has 14 heavy (non-hydrogen) atoms. The molecule has 0 N–H and O–H groups in total. The normalized spacial score (nSPS) is 9.29. The van der Waals surface area contributed by atoms with Crippen LogP contribution in [0.4, 0.5) is 0 Å². The highest BCUT2D eigenvalue weighted by atomic mass is 16.5. The second kappa shape index (κ2) is 4.41. The Kier molecular flexibility index (Phi) is 3.23. The Morgan fingerprint density at radius 1 is 0.929 bits per heavy atom. The summed E-state index contributed by atoms with van der Waals surface area (Å²) in [6, 6.07) is 2.94. The van der Waals surface area contributed by atoms with Gasteiger partial charge in [0.25, 0.3) is 0 Å². The van der Waals surface area contributed by atoms with Crippen molar-refractivity contribution in [1.29, 1.82) is 0 Å². The zero-order valence-electron chi connectivity index (χ0n) is 7.94. The second-order valence-electron chi connectivity index (χ2n) is 2.57. The van der Waals surface area contributed by atoms with Crippen LogP contribution in [0.25, 0.3) is 0 Å². The number of carbonyl (C=O) groups excluding carboxylic acids is 2. The smallest absolute Gasteiger partial charge is 0.161 e. The first-order valence-electron chi connectivity index (χ1n) is 3.93. The molecule has 1 rings (SSSR count). The van der Waals surface area contributed by atoms with E-state index in [1.165, 1.54) is 26.4 Å². The predicted molar refractivity (Wildman–Crippen MR) is 50.3 cm³/mol. The molecule has 0 unspecified atom stereocenters. The van der Waals surface area contributed by atoms with Crippen molar-refractivity contribution in [1.82, 2.24) is 0 Å². The third-order valence-corrected chi connectivity index (χ3v) is 1.84. The summed E-state index contributed by atoms with van der Waals surface area (Å²) in [6.45, 7) is 0. The molecule has 0 aliphatic rings. The summed E-state index contributed by atoms with van der Waals surface area (Å²) in [7, 11) is 2.93. The van der Waals surface area contributed by atoms with Crippen molar-refractivity contribution in [3.05, 3.63) is 23.3 Å². The predicted octanol–water partition coefficient (Wildman–Crippen LogP) is 1.33. The van der Waals surface area contributed by atoms with Crippen molar-refractivity contribution in [3.63, 3.8) is 0 Å². The first kappa shape index (κ1) is 10.2. The fourth-order valence-electron chi connectivity index (χ4n) is 1.11. The molecule has 0 fully saturated rings. The largest absolute Gasteiger partial charge is 0.493 e. The van der Waals surface area contributed by atoms with Crippen molar-refractivity contribution < 1.29 is 19.1 Å². The fraction of sp³-hybridized carbons (Fsp3) is 0.200. The number of rotatable bonds is 4. The van der Waals surface area contributed by atoms with Crippen molar-refractivity contribution in [2.45, 2.75) is 0 Å². The van der Waals surface area contributed by atoms with Crippen LogP contribution in [0.15, 0.2) is 12.1 Å². The lowest BCUT2D eigenvalue weighted by Gasteiger charge is -2.08. The number of benzene rings is 1. The van der Waals surface area contributed by atoms with Gasteiger partial charge in [-0.3, -0.25) is 9.59 Å². The second-order valence-corrected chi connectivity index (χ2v) is 2.57. The lowest BCUT2D eigenvalue weighted by atomic mass is 10.1. The fourth-order valence-corrected chi connectivity index (χ4v) is 1.11. The first-order chi connectivity index (χ1) is 6.76. The van der Waals surface area contributed by atoms with Crippen molar-refractivity contribution in [2.75, 3.05) is 14.2 Å². The van der Waals surface area contributed by atoms with Gasteiger partial charge in [-0.25, -0.2) is 0 Å². The average Bonchev–Trinajstić information content (AvgIpc) is 2.26. The van der Waals surface area contributed by atoms with E-state index in [-0.39, 0.29) is 11.1 Å². The Balaban J connectivity index is 3.34. The standard InChI is InChI=1S/C10H10O4/c1-13-9-3-7(5-11)8(6-12)4-10(9)14-2/h3-6H,1-2H3. The van der Waals surface area contributed by atoms with E-state index in [9.17, 15) is 9.59 Å². The Morgan fingerprint density at radius 3 is 1.50 bits per heavy atom. The van der Waals surface area contributed by atoms with Crippen LogP contribution in [0.5, 0.6) is 11.5 Å². The maximum atomic E-state index is 10.6. The summed E-state index contributed by atoms with van der Waals surface area (Å²) >= 11 is 0. The molecule has 1 aromatic carbocycles. The molecule has 0 saturated heterocycles. The van der Waals surface area contributed by atoms with Crippen LogP contribution in [0.3, 0.4) is 0 Å². The zero-order chi connectivity index (χ0) is 10.6. The highest BCUT2D eigenvalue weighted by Gasteiger charge is 2.09. The third kappa shape index (κ3) is 1.74. The highest BCUT2D eigenvalue weighted by molar-refractivity contribution is 5.91. The van der Waals surface area contributed by atoms with Gasteiger partial charge in [-0.1, -0.05) is 0 Å². The molecular weight excluding hydrogens is 184 g/mol. The number of hydrogen-bond donors (Lipinski definition) is 0. The lowest BCUT2D eigenvalue weighted by molar-refractivity contribution is 0.109. The number of methoxy groups -OCH3 is 2. The number of ether oxygens (including phenoxy) is 2. The monoisotopic (exact) mass is 194 g/mol. The molecule has 0 aliphatic heterocycles. The van der Waals surface area contributed by atoms with Crippen LogP contribution in [0.2, 0.25) is 0 Å². The summed E-state index contributed by atoms with van der Waals surface area (Å²) in [5, 5.41) is 0. The topological polar surface area (TPSA) is 52.6 Å². The van der Waals surface area contributed by atoms with Crippen LogP contribution in [-0.2, 0) is 0 Å². The van der Waals surface area contributed by atoms with Gasteiger partial charge < -0.3 is 9.47 Å². The van der Waals surface area contributed by atoms with Gasteiger partial charge in [0.05, 0.1) is 14.2 Å². The van der Waals surface area contributed by atoms with Gasteiger partial charge in [0.2, 0.25) is 0 Å². The van der Waals surface area contributed by atoms with Crippen molar-refractivity contribution in [3.8, 4) is 11.5 Å². The van der Waals surface area contributed by atoms with E-state index in [4.69, 9.17) is 9.47 Å². The van der Waals surface area contributed by atoms with Crippen molar-refractivity contribution in [2.24, 2.45) is 0 Å². The maximum Gasteiger partial charge on any atom is 0.161 e. The molecular formula is C10H10O4. The lowest BCUT2D eigenvalue weighted by Crippen LogP contribution is -1.96. The van der Waals surface area contributed by atoms with Crippen LogP contribution >= 0.6 is 0 Å². The minimum Gasteiger partial charge on any atom is -0.493 e. The number of aldehydes is 2. The molecule has 74 valence electrons. The minimum atomic E-state index is 0.289. The summed E-state index contributed by atoms with van der Waals surface area (Å²) in [5.41, 5.74) is 0.579. The highest BCUT2D eigenvalue weighted by Crippen LogP contribution is 2.29. The molecule has 4 heteroatoms. The van der Waals surface area contributed by atoms with E-state index in [2.05, 4.69) is 0 Å². The molecule has 0 amide bonds. The molecule has 0 radical (unpaired) electrons. The van der Waals surface area contributed by atoms with Gasteiger partial charge >= 0.3 is 0 Å². The van der Waals surface area contributed by atoms with Gasteiger partial charge in [0.1, 0.15) is 0 Å². The third-order valence-electron chi connectivity index (χ3n) is 1.84.